The highest BCUT2D eigenvalue weighted by molar-refractivity contribution is 5.92. The van der Waals surface area contributed by atoms with Crippen molar-refractivity contribution >= 4 is 23.0 Å². The number of hydrogen-bond acceptors (Lipinski definition) is 3. The molecule has 2 aromatic rings. The molecule has 7 heteroatoms. The minimum absolute atomic E-state index is 0.294. The van der Waals surface area contributed by atoms with Crippen LogP contribution in [0, 0.1) is 11.3 Å². The number of imidazole rings is 1. The summed E-state index contributed by atoms with van der Waals surface area (Å²) in [5.41, 5.74) is 5.66. The van der Waals surface area contributed by atoms with Crippen molar-refractivity contribution in [3.05, 3.63) is 34.7 Å². The second-order valence-electron chi connectivity index (χ2n) is 7.88. The Hall–Kier alpha value is -2.57. The standard InChI is InChI=1S/C19H28N4O3/c1-6-12(2)11-22-13-9-7-8-10-14(13)23(18(22)26)17(25)21-15(16(20)24)19(3,4)5/h7-10,12,15H,6,11H2,1-5H3,(H2,20,24)(H,21,25)/t12?,15-/m1/s1. The molecule has 0 aliphatic rings. The molecule has 0 saturated carbocycles. The van der Waals surface area contributed by atoms with E-state index in [4.69, 9.17) is 5.73 Å². The van der Waals surface area contributed by atoms with Crippen molar-refractivity contribution in [1.82, 2.24) is 14.5 Å². The summed E-state index contributed by atoms with van der Waals surface area (Å²) >= 11 is 0. The molecule has 0 radical (unpaired) electrons. The molecular weight excluding hydrogens is 332 g/mol. The Balaban J connectivity index is 2.52. The molecule has 3 N–H and O–H groups in total. The highest BCUT2D eigenvalue weighted by Crippen LogP contribution is 2.20. The van der Waals surface area contributed by atoms with Crippen LogP contribution < -0.4 is 16.7 Å². The molecule has 2 amide bonds. The van der Waals surface area contributed by atoms with Crippen LogP contribution in [-0.4, -0.2) is 27.1 Å². The van der Waals surface area contributed by atoms with Gasteiger partial charge in [-0.15, -0.1) is 0 Å². The number of carbonyl (C=O) groups is 2. The first kappa shape index (κ1) is 19.8. The number of nitrogens with one attached hydrogen (secondary N) is 1. The molecule has 1 aromatic heterocycles. The van der Waals surface area contributed by atoms with Gasteiger partial charge in [-0.05, 0) is 23.5 Å². The molecular formula is C19H28N4O3. The van der Waals surface area contributed by atoms with Gasteiger partial charge in [-0.1, -0.05) is 53.2 Å². The van der Waals surface area contributed by atoms with Crippen LogP contribution in [0.1, 0.15) is 41.0 Å². The third-order valence-corrected chi connectivity index (χ3v) is 4.65. The highest BCUT2D eigenvalue weighted by Gasteiger charge is 2.32. The predicted octanol–water partition coefficient (Wildman–Crippen LogP) is 2.31. The number of nitrogens with zero attached hydrogens (tertiary/aromatic N) is 2. The Morgan fingerprint density at radius 1 is 1.19 bits per heavy atom. The molecule has 1 heterocycles. The lowest BCUT2D eigenvalue weighted by Gasteiger charge is -2.28. The largest absolute Gasteiger partial charge is 0.368 e. The van der Waals surface area contributed by atoms with Gasteiger partial charge in [0, 0.05) is 6.54 Å². The van der Waals surface area contributed by atoms with E-state index in [1.54, 1.807) is 37.5 Å². The maximum absolute atomic E-state index is 12.9. The van der Waals surface area contributed by atoms with E-state index < -0.39 is 29.1 Å². The van der Waals surface area contributed by atoms with E-state index in [2.05, 4.69) is 19.2 Å². The van der Waals surface area contributed by atoms with Gasteiger partial charge in [0.1, 0.15) is 6.04 Å². The SMILES string of the molecule is CCC(C)Cn1c(=O)n(C(=O)N[C@H](C(N)=O)C(C)(C)C)c2ccccc21. The van der Waals surface area contributed by atoms with Crippen molar-refractivity contribution in [1.29, 1.82) is 0 Å². The lowest BCUT2D eigenvalue weighted by atomic mass is 9.86. The number of hydrogen-bond donors (Lipinski definition) is 2. The van der Waals surface area contributed by atoms with E-state index in [0.29, 0.717) is 23.5 Å². The van der Waals surface area contributed by atoms with Gasteiger partial charge in [0.05, 0.1) is 11.0 Å². The Morgan fingerprint density at radius 2 is 1.77 bits per heavy atom. The molecule has 142 valence electrons. The summed E-state index contributed by atoms with van der Waals surface area (Å²) in [4.78, 5) is 37.5. The van der Waals surface area contributed by atoms with E-state index >= 15 is 0 Å². The maximum Gasteiger partial charge on any atom is 0.337 e. The Bertz CT molecular complexity index is 873. The van der Waals surface area contributed by atoms with Crippen LogP contribution in [-0.2, 0) is 11.3 Å². The molecule has 0 saturated heterocycles. The molecule has 0 aliphatic heterocycles. The molecule has 0 fully saturated rings. The molecule has 0 spiro atoms. The zero-order chi connectivity index (χ0) is 19.6. The molecule has 0 bridgehead atoms. The Kier molecular flexibility index (Phi) is 5.59. The van der Waals surface area contributed by atoms with Crippen molar-refractivity contribution < 1.29 is 9.59 Å². The molecule has 2 atom stereocenters. The number of carbonyl (C=O) groups excluding carboxylic acids is 2. The van der Waals surface area contributed by atoms with E-state index in [-0.39, 0.29) is 0 Å². The van der Waals surface area contributed by atoms with Crippen LogP contribution in [0.3, 0.4) is 0 Å². The monoisotopic (exact) mass is 360 g/mol. The lowest BCUT2D eigenvalue weighted by molar-refractivity contribution is -0.122. The zero-order valence-electron chi connectivity index (χ0n) is 16.1. The van der Waals surface area contributed by atoms with Crippen LogP contribution in [0.25, 0.3) is 11.0 Å². The second kappa shape index (κ2) is 7.35. The summed E-state index contributed by atoms with van der Waals surface area (Å²) in [5.74, 6) is -0.342. The van der Waals surface area contributed by atoms with Gasteiger partial charge < -0.3 is 11.1 Å². The van der Waals surface area contributed by atoms with Gasteiger partial charge in [-0.25, -0.2) is 14.2 Å². The van der Waals surface area contributed by atoms with Gasteiger partial charge >= 0.3 is 11.7 Å². The first-order valence-electron chi connectivity index (χ1n) is 8.88. The second-order valence-corrected chi connectivity index (χ2v) is 7.88. The number of fused-ring (bicyclic) bond motifs is 1. The van der Waals surface area contributed by atoms with Crippen molar-refractivity contribution in [2.45, 2.75) is 53.6 Å². The van der Waals surface area contributed by atoms with Crippen molar-refractivity contribution in [2.75, 3.05) is 0 Å². The van der Waals surface area contributed by atoms with E-state index in [9.17, 15) is 14.4 Å². The predicted molar refractivity (Wildman–Crippen MR) is 102 cm³/mol. The molecule has 1 unspecified atom stereocenters. The van der Waals surface area contributed by atoms with Gasteiger partial charge in [0.2, 0.25) is 5.91 Å². The van der Waals surface area contributed by atoms with E-state index in [1.807, 2.05) is 12.1 Å². The summed E-state index contributed by atoms with van der Waals surface area (Å²) in [6.45, 7) is 10.0. The topological polar surface area (TPSA) is 99.1 Å². The fourth-order valence-corrected chi connectivity index (χ4v) is 2.92. The lowest BCUT2D eigenvalue weighted by Crippen LogP contribution is -2.54. The fraction of sp³-hybridized carbons (Fsp3) is 0.526. The highest BCUT2D eigenvalue weighted by atomic mass is 16.2. The van der Waals surface area contributed by atoms with Crippen LogP contribution in [0.15, 0.2) is 29.1 Å². The third kappa shape index (κ3) is 3.81. The number of rotatable bonds is 5. The Morgan fingerprint density at radius 3 is 2.27 bits per heavy atom. The summed E-state index contributed by atoms with van der Waals surface area (Å²) in [6.07, 6.45) is 0.923. The number of primary amides is 1. The first-order chi connectivity index (χ1) is 12.1. The van der Waals surface area contributed by atoms with Gasteiger partial charge in [-0.2, -0.15) is 0 Å². The average molecular weight is 360 g/mol. The van der Waals surface area contributed by atoms with Crippen molar-refractivity contribution in [3.8, 4) is 0 Å². The fourth-order valence-electron chi connectivity index (χ4n) is 2.92. The van der Waals surface area contributed by atoms with Crippen molar-refractivity contribution in [3.63, 3.8) is 0 Å². The van der Waals surface area contributed by atoms with E-state index in [1.165, 1.54) is 0 Å². The first-order valence-corrected chi connectivity index (χ1v) is 8.88. The van der Waals surface area contributed by atoms with E-state index in [0.717, 1.165) is 11.0 Å². The number of aromatic nitrogens is 2. The number of amides is 2. The third-order valence-electron chi connectivity index (χ3n) is 4.65. The van der Waals surface area contributed by atoms with Crippen LogP contribution in [0.2, 0.25) is 0 Å². The summed E-state index contributed by atoms with van der Waals surface area (Å²) in [7, 11) is 0. The number of para-hydroxylation sites is 2. The van der Waals surface area contributed by atoms with Crippen molar-refractivity contribution in [2.24, 2.45) is 17.1 Å². The molecule has 1 aromatic carbocycles. The van der Waals surface area contributed by atoms with Gasteiger partial charge in [0.25, 0.3) is 0 Å². The minimum Gasteiger partial charge on any atom is -0.368 e. The zero-order valence-corrected chi connectivity index (χ0v) is 16.1. The molecule has 26 heavy (non-hydrogen) atoms. The van der Waals surface area contributed by atoms with Gasteiger partial charge in [-0.3, -0.25) is 9.36 Å². The van der Waals surface area contributed by atoms with Crippen LogP contribution >= 0.6 is 0 Å². The number of benzene rings is 1. The quantitative estimate of drug-likeness (QED) is 0.856. The number of nitrogens with two attached hydrogens (primary N) is 1. The maximum atomic E-state index is 12.9. The van der Waals surface area contributed by atoms with Gasteiger partial charge in [0.15, 0.2) is 0 Å². The smallest absolute Gasteiger partial charge is 0.337 e. The average Bonchev–Trinajstić information content (AvgIpc) is 2.83. The molecule has 7 nitrogen and oxygen atoms in total. The normalized spacial score (nSPS) is 14.2. The minimum atomic E-state index is -0.890. The summed E-state index contributed by atoms with van der Waals surface area (Å²) in [5, 5.41) is 2.62. The molecule has 0 aliphatic carbocycles. The van der Waals surface area contributed by atoms with Crippen LogP contribution in [0.4, 0.5) is 4.79 Å². The Labute approximate surface area is 153 Å². The molecule has 2 rings (SSSR count). The summed E-state index contributed by atoms with van der Waals surface area (Å²) < 4.78 is 2.69. The summed E-state index contributed by atoms with van der Waals surface area (Å²) in [6, 6.07) is 5.61. The van der Waals surface area contributed by atoms with Crippen LogP contribution in [0.5, 0.6) is 0 Å².